The van der Waals surface area contributed by atoms with Gasteiger partial charge < -0.3 is 4.57 Å². The number of allylic oxidation sites excluding steroid dienone is 1. The Labute approximate surface area is 156 Å². The highest BCUT2D eigenvalue weighted by atomic mass is 32.2. The van der Waals surface area contributed by atoms with E-state index in [0.717, 1.165) is 28.3 Å². The van der Waals surface area contributed by atoms with Gasteiger partial charge in [-0.25, -0.2) is 0 Å². The molecule has 26 heavy (non-hydrogen) atoms. The maximum absolute atomic E-state index is 12.5. The van der Waals surface area contributed by atoms with Gasteiger partial charge in [0.1, 0.15) is 5.84 Å². The number of nitrogens with one attached hydrogen (secondary N) is 1. The molecule has 5 nitrogen and oxygen atoms in total. The summed E-state index contributed by atoms with van der Waals surface area (Å²) in [5.74, 6) is -0.176. The first-order valence-corrected chi connectivity index (χ1v) is 9.17. The van der Waals surface area contributed by atoms with Gasteiger partial charge in [-0.1, -0.05) is 30.0 Å². The van der Waals surface area contributed by atoms with Crippen molar-refractivity contribution in [3.63, 3.8) is 0 Å². The lowest BCUT2D eigenvalue weighted by Gasteiger charge is -2.25. The monoisotopic (exact) mass is 362 g/mol. The number of nitrogens with zero attached hydrogens (tertiary/aromatic N) is 3. The molecule has 0 unspecified atom stereocenters. The zero-order valence-corrected chi connectivity index (χ0v) is 15.6. The number of benzene rings is 1. The summed E-state index contributed by atoms with van der Waals surface area (Å²) in [7, 11) is 0. The van der Waals surface area contributed by atoms with E-state index in [2.05, 4.69) is 21.7 Å². The van der Waals surface area contributed by atoms with Crippen LogP contribution in [0.2, 0.25) is 0 Å². The van der Waals surface area contributed by atoms with Crippen molar-refractivity contribution >= 4 is 34.7 Å². The van der Waals surface area contributed by atoms with Crippen LogP contribution in [-0.2, 0) is 4.79 Å². The standard InChI is InChI=1S/C20H18N4OS/c1-12-9-15(14(3)23(12)16-7-5-4-6-8-16)10-17-18(21)24-13(2)11-26-20(24)22-19(17)25/h4-11,21H,1-3H3/b17-10+,21-18?. The molecule has 0 fully saturated rings. The lowest BCUT2D eigenvalue weighted by atomic mass is 10.1. The van der Waals surface area contributed by atoms with Crippen molar-refractivity contribution in [3.8, 4) is 5.69 Å². The molecule has 0 spiro atoms. The third-order valence-corrected chi connectivity index (χ3v) is 5.51. The second-order valence-electron chi connectivity index (χ2n) is 6.32. The lowest BCUT2D eigenvalue weighted by Crippen LogP contribution is -2.37. The number of hydrogen-bond donors (Lipinski definition) is 1. The predicted molar refractivity (Wildman–Crippen MR) is 107 cm³/mol. The summed E-state index contributed by atoms with van der Waals surface area (Å²) >= 11 is 1.38. The number of amides is 1. The van der Waals surface area contributed by atoms with Crippen LogP contribution in [0.4, 0.5) is 0 Å². The van der Waals surface area contributed by atoms with Gasteiger partial charge in [0, 0.05) is 22.8 Å². The predicted octanol–water partition coefficient (Wildman–Crippen LogP) is 4.26. The van der Waals surface area contributed by atoms with E-state index < -0.39 is 0 Å². The largest absolute Gasteiger partial charge is 0.318 e. The third-order valence-electron chi connectivity index (χ3n) is 4.57. The molecule has 0 saturated heterocycles. The van der Waals surface area contributed by atoms with Crippen LogP contribution in [0.25, 0.3) is 11.8 Å². The fraction of sp³-hybridized carbons (Fsp3) is 0.150. The van der Waals surface area contributed by atoms with Crippen LogP contribution in [0.15, 0.2) is 58.1 Å². The van der Waals surface area contributed by atoms with Crippen LogP contribution >= 0.6 is 11.8 Å². The maximum atomic E-state index is 12.5. The lowest BCUT2D eigenvalue weighted by molar-refractivity contribution is -0.114. The SMILES string of the molecule is CC1=CSC2=NC(=O)/C(=C/c3cc(C)n(-c4ccccc4)c3C)C(=N)N12. The molecule has 4 rings (SSSR count). The Morgan fingerprint density at radius 2 is 1.88 bits per heavy atom. The first-order chi connectivity index (χ1) is 12.5. The molecule has 130 valence electrons. The Hall–Kier alpha value is -2.86. The molecule has 0 bridgehead atoms. The second kappa shape index (κ2) is 6.14. The quantitative estimate of drug-likeness (QED) is 0.812. The fourth-order valence-corrected chi connectivity index (χ4v) is 4.16. The van der Waals surface area contributed by atoms with Gasteiger partial charge in [0.2, 0.25) is 0 Å². The van der Waals surface area contributed by atoms with Gasteiger partial charge in [0.25, 0.3) is 5.91 Å². The van der Waals surface area contributed by atoms with E-state index in [0.29, 0.717) is 10.7 Å². The van der Waals surface area contributed by atoms with E-state index in [9.17, 15) is 4.79 Å². The minimum Gasteiger partial charge on any atom is -0.318 e. The number of carbonyl (C=O) groups excluding carboxylic acids is 1. The van der Waals surface area contributed by atoms with Gasteiger partial charge in [0.15, 0.2) is 5.17 Å². The molecule has 0 saturated carbocycles. The molecule has 1 aromatic carbocycles. The van der Waals surface area contributed by atoms with Crippen molar-refractivity contribution in [2.45, 2.75) is 20.8 Å². The summed E-state index contributed by atoms with van der Waals surface area (Å²) in [5.41, 5.74) is 5.33. The van der Waals surface area contributed by atoms with Crippen molar-refractivity contribution in [1.82, 2.24) is 9.47 Å². The Balaban J connectivity index is 1.79. The average Bonchev–Trinajstić information content (AvgIpc) is 3.12. The molecular weight excluding hydrogens is 344 g/mol. The van der Waals surface area contributed by atoms with E-state index in [1.165, 1.54) is 11.8 Å². The summed E-state index contributed by atoms with van der Waals surface area (Å²) in [6, 6.07) is 12.1. The molecule has 1 aromatic heterocycles. The van der Waals surface area contributed by atoms with E-state index in [4.69, 9.17) is 5.41 Å². The molecule has 2 aliphatic heterocycles. The highest BCUT2D eigenvalue weighted by Gasteiger charge is 2.34. The van der Waals surface area contributed by atoms with Crippen LogP contribution in [-0.4, -0.2) is 26.4 Å². The number of thioether (sulfide) groups is 1. The van der Waals surface area contributed by atoms with Crippen molar-refractivity contribution in [2.24, 2.45) is 4.99 Å². The average molecular weight is 362 g/mol. The number of carbonyl (C=O) groups is 1. The summed E-state index contributed by atoms with van der Waals surface area (Å²) in [6.45, 7) is 5.98. The van der Waals surface area contributed by atoms with Crippen LogP contribution < -0.4 is 0 Å². The van der Waals surface area contributed by atoms with Crippen molar-refractivity contribution in [2.75, 3.05) is 0 Å². The third kappa shape index (κ3) is 2.54. The first-order valence-electron chi connectivity index (χ1n) is 8.29. The molecule has 1 N–H and O–H groups in total. The van der Waals surface area contributed by atoms with Gasteiger partial charge in [0.05, 0.1) is 5.57 Å². The molecule has 0 aliphatic carbocycles. The molecule has 2 aliphatic rings. The number of aryl methyl sites for hydroxylation is 1. The molecule has 0 radical (unpaired) electrons. The Morgan fingerprint density at radius 1 is 1.15 bits per heavy atom. The molecule has 1 amide bonds. The van der Waals surface area contributed by atoms with E-state index in [-0.39, 0.29) is 11.7 Å². The zero-order valence-electron chi connectivity index (χ0n) is 14.8. The number of hydrogen-bond acceptors (Lipinski definition) is 3. The maximum Gasteiger partial charge on any atom is 0.283 e. The van der Waals surface area contributed by atoms with Gasteiger partial charge in [-0.15, -0.1) is 0 Å². The van der Waals surface area contributed by atoms with Crippen LogP contribution in [0, 0.1) is 19.3 Å². The van der Waals surface area contributed by atoms with E-state index in [1.807, 2.05) is 50.4 Å². The molecular formula is C20H18N4OS. The summed E-state index contributed by atoms with van der Waals surface area (Å²) in [5, 5.41) is 10.9. The number of fused-ring (bicyclic) bond motifs is 1. The first kappa shape index (κ1) is 16.6. The Kier molecular flexibility index (Phi) is 3.92. The van der Waals surface area contributed by atoms with Crippen LogP contribution in [0.3, 0.4) is 0 Å². The van der Waals surface area contributed by atoms with Gasteiger partial charge in [-0.3, -0.25) is 15.1 Å². The van der Waals surface area contributed by atoms with Crippen molar-refractivity contribution < 1.29 is 4.79 Å². The number of aliphatic imine (C=N–C) groups is 1. The molecule has 0 atom stereocenters. The smallest absolute Gasteiger partial charge is 0.283 e. The Bertz CT molecular complexity index is 1030. The summed E-state index contributed by atoms with van der Waals surface area (Å²) in [6.07, 6.45) is 1.78. The van der Waals surface area contributed by atoms with E-state index in [1.54, 1.807) is 11.0 Å². The molecule has 2 aromatic rings. The summed E-state index contributed by atoms with van der Waals surface area (Å²) in [4.78, 5) is 18.3. The second-order valence-corrected chi connectivity index (χ2v) is 7.15. The topological polar surface area (TPSA) is 61.5 Å². The highest BCUT2D eigenvalue weighted by Crippen LogP contribution is 2.32. The zero-order chi connectivity index (χ0) is 18.4. The highest BCUT2D eigenvalue weighted by molar-refractivity contribution is 8.16. The normalized spacial score (nSPS) is 18.3. The summed E-state index contributed by atoms with van der Waals surface area (Å²) < 4.78 is 2.15. The minimum absolute atomic E-state index is 0.184. The van der Waals surface area contributed by atoms with Gasteiger partial charge in [-0.2, -0.15) is 4.99 Å². The number of amidine groups is 2. The number of aromatic nitrogens is 1. The fourth-order valence-electron chi connectivity index (χ4n) is 3.31. The minimum atomic E-state index is -0.360. The molecule has 3 heterocycles. The number of rotatable bonds is 2. The van der Waals surface area contributed by atoms with Crippen molar-refractivity contribution in [1.29, 1.82) is 5.41 Å². The van der Waals surface area contributed by atoms with Gasteiger partial charge in [-0.05, 0) is 56.0 Å². The number of para-hydroxylation sites is 1. The van der Waals surface area contributed by atoms with Gasteiger partial charge >= 0.3 is 0 Å². The van der Waals surface area contributed by atoms with Crippen molar-refractivity contribution in [3.05, 3.63) is 70.0 Å². The van der Waals surface area contributed by atoms with E-state index >= 15 is 0 Å². The Morgan fingerprint density at radius 3 is 2.62 bits per heavy atom. The van der Waals surface area contributed by atoms with Crippen LogP contribution in [0.1, 0.15) is 23.9 Å². The van der Waals surface area contributed by atoms with Crippen LogP contribution in [0.5, 0.6) is 0 Å². The molecule has 6 heteroatoms.